The van der Waals surface area contributed by atoms with E-state index in [1.54, 1.807) is 6.08 Å². The summed E-state index contributed by atoms with van der Waals surface area (Å²) in [6, 6.07) is 15.8. The highest BCUT2D eigenvalue weighted by molar-refractivity contribution is 7.99. The second-order valence-electron chi connectivity index (χ2n) is 6.90. The molecule has 0 heterocycles. The second-order valence-corrected chi connectivity index (χ2v) is 8.07. The Morgan fingerprint density at radius 1 is 0.893 bits per heavy atom. The molecule has 0 radical (unpaired) electrons. The van der Waals surface area contributed by atoms with Gasteiger partial charge in [0.15, 0.2) is 5.78 Å². The van der Waals surface area contributed by atoms with Gasteiger partial charge in [0.05, 0.1) is 6.61 Å². The van der Waals surface area contributed by atoms with E-state index < -0.39 is 0 Å². The van der Waals surface area contributed by atoms with Crippen molar-refractivity contribution in [1.29, 1.82) is 0 Å². The summed E-state index contributed by atoms with van der Waals surface area (Å²) in [6.07, 6.45) is 10.8. The molecule has 0 aliphatic heterocycles. The van der Waals surface area contributed by atoms with Gasteiger partial charge in [-0.3, -0.25) is 4.79 Å². The number of benzene rings is 2. The molecule has 2 aromatic rings. The number of ketones is 1. The lowest BCUT2D eigenvalue weighted by atomic mass is 10.1. The summed E-state index contributed by atoms with van der Waals surface area (Å²) in [7, 11) is 0. The molecular formula is C25H32O2S. The molecule has 0 saturated carbocycles. The van der Waals surface area contributed by atoms with Crippen molar-refractivity contribution in [1.82, 2.24) is 0 Å². The second kappa shape index (κ2) is 13.2. The number of hydrogen-bond donors (Lipinski definition) is 0. The Labute approximate surface area is 174 Å². The Bertz CT molecular complexity index is 717. The molecule has 2 aromatic carbocycles. The van der Waals surface area contributed by atoms with Crippen molar-refractivity contribution in [2.24, 2.45) is 0 Å². The van der Waals surface area contributed by atoms with Gasteiger partial charge in [-0.15, -0.1) is 11.8 Å². The molecule has 0 bridgehead atoms. The van der Waals surface area contributed by atoms with Crippen LogP contribution in [0.25, 0.3) is 6.08 Å². The van der Waals surface area contributed by atoms with Gasteiger partial charge in [-0.2, -0.15) is 0 Å². The first kappa shape index (κ1) is 22.3. The van der Waals surface area contributed by atoms with Crippen molar-refractivity contribution < 1.29 is 9.53 Å². The number of thioether (sulfide) groups is 1. The van der Waals surface area contributed by atoms with Crippen LogP contribution < -0.4 is 4.74 Å². The number of allylic oxidation sites excluding steroid dienone is 1. The first-order valence-corrected chi connectivity index (χ1v) is 11.4. The van der Waals surface area contributed by atoms with E-state index in [1.807, 2.05) is 66.4 Å². The molecule has 0 amide bonds. The lowest BCUT2D eigenvalue weighted by Gasteiger charge is -2.06. The van der Waals surface area contributed by atoms with E-state index in [9.17, 15) is 4.79 Å². The Morgan fingerprint density at radius 3 is 2.29 bits per heavy atom. The first-order chi connectivity index (χ1) is 13.7. The van der Waals surface area contributed by atoms with E-state index in [0.29, 0.717) is 0 Å². The Hall–Kier alpha value is -2.00. The van der Waals surface area contributed by atoms with Crippen molar-refractivity contribution in [2.75, 3.05) is 12.4 Å². The highest BCUT2D eigenvalue weighted by atomic mass is 32.2. The number of rotatable bonds is 13. The molecule has 150 valence electrons. The van der Waals surface area contributed by atoms with Crippen molar-refractivity contribution >= 4 is 23.6 Å². The van der Waals surface area contributed by atoms with E-state index >= 15 is 0 Å². The molecule has 0 atom stereocenters. The molecule has 0 aliphatic carbocycles. The Morgan fingerprint density at radius 2 is 1.61 bits per heavy atom. The van der Waals surface area contributed by atoms with Crippen LogP contribution >= 0.6 is 11.8 Å². The molecule has 0 N–H and O–H groups in total. The average Bonchev–Trinajstić information content (AvgIpc) is 2.74. The summed E-state index contributed by atoms with van der Waals surface area (Å²) in [5.41, 5.74) is 1.72. The molecule has 0 fully saturated rings. The van der Waals surface area contributed by atoms with Gasteiger partial charge in [0, 0.05) is 10.5 Å². The van der Waals surface area contributed by atoms with Crippen molar-refractivity contribution in [3.8, 4) is 5.75 Å². The average molecular weight is 397 g/mol. The van der Waals surface area contributed by atoms with E-state index in [2.05, 4.69) is 13.8 Å². The smallest absolute Gasteiger partial charge is 0.185 e. The number of carbonyl (C=O) groups excluding carboxylic acids is 1. The van der Waals surface area contributed by atoms with Crippen molar-refractivity contribution in [3.05, 3.63) is 65.7 Å². The maximum absolute atomic E-state index is 12.3. The number of ether oxygens (including phenoxy) is 1. The Balaban J connectivity index is 1.79. The van der Waals surface area contributed by atoms with E-state index in [4.69, 9.17) is 4.74 Å². The zero-order valence-electron chi connectivity index (χ0n) is 17.2. The standard InChI is InChI=1S/C25H32O2S/c1-3-5-6-7-8-19-27-23-14-9-21(10-15-23)11-18-25(26)22-12-16-24(17-13-22)28-20-4-2/h9-18H,3-8,19-20H2,1-2H3/b18-11+. The predicted octanol–water partition coefficient (Wildman–Crippen LogP) is 7.43. The molecule has 2 nitrogen and oxygen atoms in total. The summed E-state index contributed by atoms with van der Waals surface area (Å²) < 4.78 is 5.78. The lowest BCUT2D eigenvalue weighted by Crippen LogP contribution is -1.97. The van der Waals surface area contributed by atoms with Gasteiger partial charge >= 0.3 is 0 Å². The maximum Gasteiger partial charge on any atom is 0.185 e. The van der Waals surface area contributed by atoms with Crippen LogP contribution in [-0.4, -0.2) is 18.1 Å². The van der Waals surface area contributed by atoms with Gasteiger partial charge in [0.25, 0.3) is 0 Å². The molecule has 0 spiro atoms. The largest absolute Gasteiger partial charge is 0.494 e. The molecule has 3 heteroatoms. The van der Waals surface area contributed by atoms with Gasteiger partial charge in [0.2, 0.25) is 0 Å². The van der Waals surface area contributed by atoms with Crippen LogP contribution in [0.4, 0.5) is 0 Å². The third-order valence-electron chi connectivity index (χ3n) is 4.44. The van der Waals surface area contributed by atoms with Crippen molar-refractivity contribution in [2.45, 2.75) is 57.3 Å². The number of carbonyl (C=O) groups is 1. The monoisotopic (exact) mass is 396 g/mol. The van der Waals surface area contributed by atoms with E-state index in [-0.39, 0.29) is 5.78 Å². The third-order valence-corrected chi connectivity index (χ3v) is 5.65. The van der Waals surface area contributed by atoms with Crippen LogP contribution in [0.5, 0.6) is 5.75 Å². The first-order valence-electron chi connectivity index (χ1n) is 10.4. The molecule has 0 aromatic heterocycles. The molecule has 0 saturated heterocycles. The fraction of sp³-hybridized carbons (Fsp3) is 0.400. The summed E-state index contributed by atoms with van der Waals surface area (Å²) >= 11 is 1.82. The topological polar surface area (TPSA) is 26.3 Å². The van der Waals surface area contributed by atoms with Gasteiger partial charge in [-0.05, 0) is 66.6 Å². The highest BCUT2D eigenvalue weighted by Gasteiger charge is 2.02. The fourth-order valence-corrected chi connectivity index (χ4v) is 3.54. The van der Waals surface area contributed by atoms with Gasteiger partial charge in [0.1, 0.15) is 5.75 Å². The minimum absolute atomic E-state index is 0.0273. The molecular weight excluding hydrogens is 364 g/mol. The quantitative estimate of drug-likeness (QED) is 0.152. The zero-order chi connectivity index (χ0) is 20.0. The summed E-state index contributed by atoms with van der Waals surface area (Å²) in [6.45, 7) is 5.16. The third kappa shape index (κ3) is 8.35. The van der Waals surface area contributed by atoms with Gasteiger partial charge in [-0.25, -0.2) is 0 Å². The van der Waals surface area contributed by atoms with E-state index in [1.165, 1.54) is 30.6 Å². The number of unbranched alkanes of at least 4 members (excludes halogenated alkanes) is 4. The van der Waals surface area contributed by atoms with Crippen LogP contribution in [0, 0.1) is 0 Å². The van der Waals surface area contributed by atoms with E-state index in [0.717, 1.165) is 42.1 Å². The van der Waals surface area contributed by atoms with Gasteiger partial charge in [-0.1, -0.05) is 57.7 Å². The predicted molar refractivity (Wildman–Crippen MR) is 122 cm³/mol. The zero-order valence-corrected chi connectivity index (χ0v) is 18.0. The summed E-state index contributed by atoms with van der Waals surface area (Å²) in [5.74, 6) is 2.02. The van der Waals surface area contributed by atoms with Crippen LogP contribution in [0.1, 0.15) is 68.3 Å². The van der Waals surface area contributed by atoms with Crippen molar-refractivity contribution in [3.63, 3.8) is 0 Å². The minimum Gasteiger partial charge on any atom is -0.494 e. The molecule has 2 rings (SSSR count). The summed E-state index contributed by atoms with van der Waals surface area (Å²) in [4.78, 5) is 13.6. The lowest BCUT2D eigenvalue weighted by molar-refractivity contribution is 0.104. The molecule has 0 unspecified atom stereocenters. The molecule has 28 heavy (non-hydrogen) atoms. The highest BCUT2D eigenvalue weighted by Crippen LogP contribution is 2.20. The van der Waals surface area contributed by atoms with Crippen LogP contribution in [-0.2, 0) is 0 Å². The fourth-order valence-electron chi connectivity index (χ4n) is 2.77. The normalized spacial score (nSPS) is 11.1. The van der Waals surface area contributed by atoms with Crippen LogP contribution in [0.2, 0.25) is 0 Å². The SMILES string of the molecule is CCCCCCCOc1ccc(/C=C/C(=O)c2ccc(SCCC)cc2)cc1. The molecule has 0 aliphatic rings. The van der Waals surface area contributed by atoms with Crippen LogP contribution in [0.3, 0.4) is 0 Å². The Kier molecular flexibility index (Phi) is 10.5. The number of hydrogen-bond acceptors (Lipinski definition) is 3. The summed E-state index contributed by atoms with van der Waals surface area (Å²) in [5, 5.41) is 0. The van der Waals surface area contributed by atoms with Crippen LogP contribution in [0.15, 0.2) is 59.5 Å². The maximum atomic E-state index is 12.3. The minimum atomic E-state index is 0.0273. The van der Waals surface area contributed by atoms with Gasteiger partial charge < -0.3 is 4.74 Å².